The van der Waals surface area contributed by atoms with Crippen LogP contribution in [0.1, 0.15) is 13.8 Å². The summed E-state index contributed by atoms with van der Waals surface area (Å²) in [5, 5.41) is 0. The van der Waals surface area contributed by atoms with E-state index in [0.717, 1.165) is 0 Å². The molecule has 0 N–H and O–H groups in total. The highest BCUT2D eigenvalue weighted by molar-refractivity contribution is 7.87. The molecule has 0 spiro atoms. The fourth-order valence-electron chi connectivity index (χ4n) is 1.82. The van der Waals surface area contributed by atoms with Gasteiger partial charge in [-0.3, -0.25) is 4.57 Å². The van der Waals surface area contributed by atoms with Crippen molar-refractivity contribution in [3.8, 4) is 0 Å². The second-order valence-corrected chi connectivity index (χ2v) is 10.8. The first-order valence-electron chi connectivity index (χ1n) is 6.47. The van der Waals surface area contributed by atoms with Gasteiger partial charge in [0, 0.05) is 0 Å². The van der Waals surface area contributed by atoms with E-state index in [4.69, 9.17) is 48.0 Å². The lowest BCUT2D eigenvalue weighted by Gasteiger charge is -2.27. The van der Waals surface area contributed by atoms with Gasteiger partial charge in [-0.15, -0.1) is 0 Å². The molecule has 0 aromatic heterocycles. The van der Waals surface area contributed by atoms with Gasteiger partial charge in [0.25, 0.3) is 10.1 Å². The maximum atomic E-state index is 12.8. The minimum atomic E-state index is -4.34. The molecule has 0 amide bonds. The highest BCUT2D eigenvalue weighted by Gasteiger charge is 2.57. The molecule has 23 heavy (non-hydrogen) atoms. The fraction of sp³-hybridized carbons (Fsp3) is 0.500. The summed E-state index contributed by atoms with van der Waals surface area (Å²) in [6.07, 6.45) is -1.14. The van der Waals surface area contributed by atoms with Crippen molar-refractivity contribution < 1.29 is 26.2 Å². The van der Waals surface area contributed by atoms with Crippen LogP contribution in [0.4, 0.5) is 0 Å². The van der Waals surface area contributed by atoms with E-state index in [9.17, 15) is 13.0 Å². The van der Waals surface area contributed by atoms with Crippen molar-refractivity contribution in [3.63, 3.8) is 0 Å². The second-order valence-electron chi connectivity index (χ2n) is 4.92. The standard InChI is InChI=1S/C12H14Cl3O6PS/c1-8-9(2)20-22(16,19-8)11(12(13,14)15)21-23(17,18)10-6-4-3-5-7-10/h3-9,11H,1-2H3/t8-,9-,11+/m1/s1. The average Bonchev–Trinajstić information content (AvgIpc) is 2.70. The Hall–Kier alpha value is 0.150. The van der Waals surface area contributed by atoms with Crippen LogP contribution >= 0.6 is 42.4 Å². The Morgan fingerprint density at radius 3 is 2.04 bits per heavy atom. The molecule has 1 saturated heterocycles. The van der Waals surface area contributed by atoms with E-state index in [-0.39, 0.29) is 4.90 Å². The number of alkyl halides is 3. The largest absolute Gasteiger partial charge is 0.365 e. The summed E-state index contributed by atoms with van der Waals surface area (Å²) in [4.78, 5) is -0.175. The summed E-state index contributed by atoms with van der Waals surface area (Å²) in [7, 11) is -8.47. The molecular weight excluding hydrogens is 410 g/mol. The fourth-order valence-corrected chi connectivity index (χ4v) is 6.83. The van der Waals surface area contributed by atoms with E-state index in [1.54, 1.807) is 19.9 Å². The summed E-state index contributed by atoms with van der Waals surface area (Å²) in [5.41, 5.74) is 0. The molecule has 0 unspecified atom stereocenters. The van der Waals surface area contributed by atoms with Gasteiger partial charge in [-0.25, -0.2) is 4.18 Å². The summed E-state index contributed by atoms with van der Waals surface area (Å²) >= 11 is 17.3. The van der Waals surface area contributed by atoms with E-state index in [0.29, 0.717) is 0 Å². The number of halogens is 3. The maximum absolute atomic E-state index is 12.8. The van der Waals surface area contributed by atoms with Gasteiger partial charge in [0.15, 0.2) is 0 Å². The average molecular weight is 424 g/mol. The van der Waals surface area contributed by atoms with E-state index < -0.39 is 39.6 Å². The van der Waals surface area contributed by atoms with E-state index in [2.05, 4.69) is 0 Å². The molecule has 2 rings (SSSR count). The van der Waals surface area contributed by atoms with Crippen LogP contribution in [0.15, 0.2) is 35.2 Å². The first-order chi connectivity index (χ1) is 10.5. The number of hydrogen-bond donors (Lipinski definition) is 0. The minimum Gasteiger partial charge on any atom is -0.301 e. The molecule has 6 nitrogen and oxygen atoms in total. The van der Waals surface area contributed by atoms with Crippen LogP contribution in [0, 0.1) is 0 Å². The van der Waals surface area contributed by atoms with Gasteiger partial charge in [-0.05, 0) is 26.0 Å². The van der Waals surface area contributed by atoms with Crippen LogP contribution < -0.4 is 0 Å². The Morgan fingerprint density at radius 1 is 1.13 bits per heavy atom. The van der Waals surface area contributed by atoms with E-state index in [1.807, 2.05) is 0 Å². The molecular formula is C12H14Cl3O6PS. The lowest BCUT2D eigenvalue weighted by molar-refractivity contribution is 0.187. The monoisotopic (exact) mass is 422 g/mol. The van der Waals surface area contributed by atoms with Crippen molar-refractivity contribution in [2.75, 3.05) is 0 Å². The Labute approximate surface area is 149 Å². The zero-order valence-corrected chi connectivity index (χ0v) is 16.0. The van der Waals surface area contributed by atoms with Crippen LogP contribution in [0.5, 0.6) is 0 Å². The van der Waals surface area contributed by atoms with Gasteiger partial charge >= 0.3 is 7.60 Å². The molecule has 0 radical (unpaired) electrons. The zero-order chi connectivity index (χ0) is 17.5. The molecule has 3 atom stereocenters. The van der Waals surface area contributed by atoms with Crippen molar-refractivity contribution in [3.05, 3.63) is 30.3 Å². The molecule has 1 aromatic carbocycles. The SMILES string of the molecule is C[C@H]1OP(=O)([C@H](OS(=O)(=O)c2ccccc2)C(Cl)(Cl)Cl)O[C@@H]1C. The van der Waals surface area contributed by atoms with Gasteiger partial charge in [0.2, 0.25) is 9.64 Å². The maximum Gasteiger partial charge on any atom is 0.365 e. The summed E-state index contributed by atoms with van der Waals surface area (Å²) in [6.45, 7) is 3.21. The highest BCUT2D eigenvalue weighted by atomic mass is 35.6. The van der Waals surface area contributed by atoms with Crippen LogP contribution in [0.25, 0.3) is 0 Å². The number of rotatable bonds is 4. The quantitative estimate of drug-likeness (QED) is 0.412. The minimum absolute atomic E-state index is 0.175. The second kappa shape index (κ2) is 6.81. The van der Waals surface area contributed by atoms with Crippen LogP contribution in [0.3, 0.4) is 0 Å². The molecule has 0 aliphatic carbocycles. The number of benzene rings is 1. The van der Waals surface area contributed by atoms with Gasteiger partial charge in [0.05, 0.1) is 17.1 Å². The molecule has 1 aliphatic rings. The summed E-state index contributed by atoms with van der Waals surface area (Å²) in [6, 6.07) is 7.20. The molecule has 1 aliphatic heterocycles. The Balaban J connectivity index is 2.37. The van der Waals surface area contributed by atoms with Gasteiger partial charge in [-0.2, -0.15) is 8.42 Å². The molecule has 1 fully saturated rings. The Kier molecular flexibility index (Phi) is 5.76. The third-order valence-electron chi connectivity index (χ3n) is 3.10. The number of hydrogen-bond acceptors (Lipinski definition) is 6. The molecule has 1 aromatic rings. The van der Waals surface area contributed by atoms with Crippen molar-refractivity contribution in [1.29, 1.82) is 0 Å². The van der Waals surface area contributed by atoms with Gasteiger partial charge < -0.3 is 9.05 Å². The topological polar surface area (TPSA) is 78.9 Å². The third-order valence-corrected chi connectivity index (χ3v) is 7.91. The third kappa shape index (κ3) is 4.41. The normalized spacial score (nSPS) is 26.1. The van der Waals surface area contributed by atoms with Crippen LogP contribution in [0.2, 0.25) is 0 Å². The van der Waals surface area contributed by atoms with Crippen LogP contribution in [-0.4, -0.2) is 30.3 Å². The summed E-state index contributed by atoms with van der Waals surface area (Å²) < 4.78 is 50.5. The van der Waals surface area contributed by atoms with Crippen molar-refractivity contribution in [2.24, 2.45) is 0 Å². The van der Waals surface area contributed by atoms with E-state index >= 15 is 0 Å². The van der Waals surface area contributed by atoms with E-state index in [1.165, 1.54) is 24.3 Å². The molecule has 1 heterocycles. The predicted molar refractivity (Wildman–Crippen MR) is 87.5 cm³/mol. The predicted octanol–water partition coefficient (Wildman–Crippen LogP) is 4.11. The smallest absolute Gasteiger partial charge is 0.301 e. The van der Waals surface area contributed by atoms with Gasteiger partial charge in [-0.1, -0.05) is 53.0 Å². The Morgan fingerprint density at radius 2 is 1.61 bits per heavy atom. The Bertz CT molecular complexity index is 691. The first-order valence-corrected chi connectivity index (χ1v) is 10.6. The first kappa shape index (κ1) is 19.5. The van der Waals surface area contributed by atoms with Crippen molar-refractivity contribution in [2.45, 2.75) is 40.6 Å². The van der Waals surface area contributed by atoms with Crippen molar-refractivity contribution in [1.82, 2.24) is 0 Å². The molecule has 11 heteroatoms. The molecule has 0 saturated carbocycles. The lowest BCUT2D eigenvalue weighted by Crippen LogP contribution is -2.31. The van der Waals surface area contributed by atoms with Gasteiger partial charge in [0.1, 0.15) is 0 Å². The van der Waals surface area contributed by atoms with Crippen molar-refractivity contribution >= 4 is 52.5 Å². The highest BCUT2D eigenvalue weighted by Crippen LogP contribution is 2.65. The molecule has 0 bridgehead atoms. The summed E-state index contributed by atoms with van der Waals surface area (Å²) in [5.74, 6) is -1.93. The lowest BCUT2D eigenvalue weighted by atomic mass is 10.3. The van der Waals surface area contributed by atoms with Crippen LogP contribution in [-0.2, 0) is 27.9 Å². The zero-order valence-electron chi connectivity index (χ0n) is 12.1. The molecule has 130 valence electrons.